The van der Waals surface area contributed by atoms with Crippen molar-refractivity contribution < 1.29 is 14.6 Å². The first kappa shape index (κ1) is 15.0. The van der Waals surface area contributed by atoms with E-state index in [4.69, 9.17) is 4.74 Å². The quantitative estimate of drug-likeness (QED) is 0.636. The van der Waals surface area contributed by atoms with Crippen molar-refractivity contribution in [2.24, 2.45) is 0 Å². The van der Waals surface area contributed by atoms with Crippen molar-refractivity contribution in [3.63, 3.8) is 0 Å². The smallest absolute Gasteiger partial charge is 0.346 e. The number of ether oxygens (including phenoxy) is 1. The largest absolute Gasteiger partial charge is 0.481 e. The van der Waals surface area contributed by atoms with Crippen molar-refractivity contribution in [1.29, 1.82) is 0 Å². The van der Waals surface area contributed by atoms with E-state index in [1.807, 2.05) is 0 Å². The first-order chi connectivity index (χ1) is 10.0. The summed E-state index contributed by atoms with van der Waals surface area (Å²) in [5, 5.41) is 9.38. The highest BCUT2D eigenvalue weighted by atomic mass is 32.2. The van der Waals surface area contributed by atoms with Crippen LogP contribution in [0.2, 0.25) is 0 Å². The molecule has 8 heteroatoms. The van der Waals surface area contributed by atoms with Gasteiger partial charge in [0.05, 0.1) is 12.8 Å². The van der Waals surface area contributed by atoms with Crippen LogP contribution in [0.25, 0.3) is 0 Å². The van der Waals surface area contributed by atoms with Gasteiger partial charge in [0, 0.05) is 17.5 Å². The molecule has 2 aromatic rings. The van der Waals surface area contributed by atoms with Crippen molar-refractivity contribution in [2.75, 3.05) is 7.11 Å². The maximum absolute atomic E-state index is 11.4. The summed E-state index contributed by atoms with van der Waals surface area (Å²) >= 11 is 1.15. The van der Waals surface area contributed by atoms with Crippen LogP contribution in [0.15, 0.2) is 28.0 Å². The summed E-state index contributed by atoms with van der Waals surface area (Å²) in [6, 6.07) is 5.29. The number of carboxylic acid groups (broad SMARTS) is 1. The van der Waals surface area contributed by atoms with E-state index in [1.165, 1.54) is 14.0 Å². The number of carboxylic acids is 1. The Balaban J connectivity index is 2.27. The number of nitrogens with zero attached hydrogens (tertiary/aromatic N) is 2. The van der Waals surface area contributed by atoms with Crippen LogP contribution in [0, 0.1) is 6.92 Å². The normalized spacial score (nSPS) is 10.4. The molecule has 0 atom stereocenters. The molecule has 0 amide bonds. The third-order valence-corrected chi connectivity index (χ3v) is 3.66. The third kappa shape index (κ3) is 3.60. The van der Waals surface area contributed by atoms with Gasteiger partial charge in [0.1, 0.15) is 10.6 Å². The van der Waals surface area contributed by atoms with Crippen LogP contribution in [0.1, 0.15) is 21.7 Å². The van der Waals surface area contributed by atoms with Crippen molar-refractivity contribution in [1.82, 2.24) is 15.0 Å². The van der Waals surface area contributed by atoms with E-state index in [0.29, 0.717) is 17.3 Å². The van der Waals surface area contributed by atoms with Gasteiger partial charge in [-0.15, -0.1) is 0 Å². The Hall–Kier alpha value is -2.35. The lowest BCUT2D eigenvalue weighted by molar-refractivity contribution is 0.0690. The minimum Gasteiger partial charge on any atom is -0.481 e. The molecule has 0 aliphatic rings. The van der Waals surface area contributed by atoms with Crippen LogP contribution in [0.5, 0.6) is 5.88 Å². The Morgan fingerprint density at radius 1 is 1.43 bits per heavy atom. The number of aromatic carboxylic acids is 1. The van der Waals surface area contributed by atoms with Crippen molar-refractivity contribution in [2.45, 2.75) is 17.7 Å². The first-order valence-electron chi connectivity index (χ1n) is 5.98. The summed E-state index contributed by atoms with van der Waals surface area (Å²) in [7, 11) is 1.52. The van der Waals surface area contributed by atoms with Crippen LogP contribution in [-0.4, -0.2) is 33.1 Å². The minimum atomic E-state index is -1.13. The molecule has 0 aliphatic carbocycles. The van der Waals surface area contributed by atoms with Gasteiger partial charge in [-0.25, -0.2) is 14.6 Å². The standard InChI is InChI=1S/C13H13N3O4S/c1-7-10(12(17)18)11(16-13(19)14-7)21-6-8-4-3-5-9(15-8)20-2/h3-5H,6H2,1-2H3,(H,17,18)(H,14,16,19). The average Bonchev–Trinajstić information content (AvgIpc) is 2.44. The Labute approximate surface area is 124 Å². The summed E-state index contributed by atoms with van der Waals surface area (Å²) in [6.07, 6.45) is 0. The zero-order valence-corrected chi connectivity index (χ0v) is 12.2. The number of methoxy groups -OCH3 is 1. The third-order valence-electron chi connectivity index (χ3n) is 2.65. The number of thioether (sulfide) groups is 1. The molecule has 2 N–H and O–H groups in total. The van der Waals surface area contributed by atoms with E-state index in [2.05, 4.69) is 15.0 Å². The molecule has 0 aromatic carbocycles. The average molecular weight is 307 g/mol. The maximum Gasteiger partial charge on any atom is 0.346 e. The van der Waals surface area contributed by atoms with E-state index < -0.39 is 11.7 Å². The molecule has 21 heavy (non-hydrogen) atoms. The van der Waals surface area contributed by atoms with Gasteiger partial charge in [-0.05, 0) is 13.0 Å². The number of pyridine rings is 1. The van der Waals surface area contributed by atoms with Crippen molar-refractivity contribution in [3.8, 4) is 5.88 Å². The number of rotatable bonds is 5. The Kier molecular flexibility index (Phi) is 4.59. The van der Waals surface area contributed by atoms with Crippen LogP contribution < -0.4 is 10.4 Å². The Bertz CT molecular complexity index is 730. The lowest BCUT2D eigenvalue weighted by Crippen LogP contribution is -2.18. The van der Waals surface area contributed by atoms with E-state index in [1.54, 1.807) is 18.2 Å². The lowest BCUT2D eigenvalue weighted by atomic mass is 10.2. The summed E-state index contributed by atoms with van der Waals surface area (Å²) in [4.78, 5) is 33.0. The Morgan fingerprint density at radius 2 is 2.19 bits per heavy atom. The molecule has 2 aromatic heterocycles. The molecule has 0 saturated heterocycles. The number of aryl methyl sites for hydroxylation is 1. The molecule has 0 saturated carbocycles. The fourth-order valence-electron chi connectivity index (χ4n) is 1.71. The number of aromatic nitrogens is 3. The zero-order valence-electron chi connectivity index (χ0n) is 11.4. The molecule has 110 valence electrons. The van der Waals surface area contributed by atoms with Gasteiger partial charge in [0.2, 0.25) is 5.88 Å². The molecule has 0 aliphatic heterocycles. The molecule has 7 nitrogen and oxygen atoms in total. The van der Waals surface area contributed by atoms with Crippen molar-refractivity contribution >= 4 is 17.7 Å². The van der Waals surface area contributed by atoms with Gasteiger partial charge in [-0.3, -0.25) is 0 Å². The number of nitrogens with one attached hydrogen (secondary N) is 1. The monoisotopic (exact) mass is 307 g/mol. The topological polar surface area (TPSA) is 105 Å². The number of carbonyl (C=O) groups is 1. The molecule has 0 fully saturated rings. The fraction of sp³-hybridized carbons (Fsp3) is 0.231. The summed E-state index contributed by atoms with van der Waals surface area (Å²) in [6.45, 7) is 1.53. The Morgan fingerprint density at radius 3 is 2.86 bits per heavy atom. The van der Waals surface area contributed by atoms with E-state index in [0.717, 1.165) is 11.8 Å². The molecule has 2 rings (SSSR count). The molecular formula is C13H13N3O4S. The van der Waals surface area contributed by atoms with Gasteiger partial charge in [-0.1, -0.05) is 17.8 Å². The van der Waals surface area contributed by atoms with E-state index >= 15 is 0 Å². The van der Waals surface area contributed by atoms with Gasteiger partial charge >= 0.3 is 11.7 Å². The number of hydrogen-bond donors (Lipinski definition) is 2. The minimum absolute atomic E-state index is 0.00231. The number of aromatic amines is 1. The van der Waals surface area contributed by atoms with Gasteiger partial charge in [0.25, 0.3) is 0 Å². The lowest BCUT2D eigenvalue weighted by Gasteiger charge is -2.07. The second-order valence-corrected chi connectivity index (χ2v) is 5.08. The summed E-state index contributed by atoms with van der Waals surface area (Å²) < 4.78 is 5.02. The SMILES string of the molecule is COc1cccc(CSc2nc(=O)[nH]c(C)c2C(=O)O)n1. The molecule has 0 bridgehead atoms. The maximum atomic E-state index is 11.4. The molecule has 2 heterocycles. The predicted octanol–water partition coefficient (Wildman–Crippen LogP) is 1.47. The summed E-state index contributed by atoms with van der Waals surface area (Å²) in [5.41, 5.74) is 0.417. The van der Waals surface area contributed by atoms with Gasteiger partial charge < -0.3 is 14.8 Å². The highest BCUT2D eigenvalue weighted by Crippen LogP contribution is 2.24. The summed E-state index contributed by atoms with van der Waals surface area (Å²) in [5.74, 6) is -0.271. The van der Waals surface area contributed by atoms with Gasteiger partial charge in [-0.2, -0.15) is 4.98 Å². The number of hydrogen-bond acceptors (Lipinski definition) is 6. The highest BCUT2D eigenvalue weighted by molar-refractivity contribution is 7.98. The van der Waals surface area contributed by atoms with E-state index in [9.17, 15) is 14.7 Å². The van der Waals surface area contributed by atoms with Crippen LogP contribution in [0.3, 0.4) is 0 Å². The van der Waals surface area contributed by atoms with Crippen LogP contribution in [0.4, 0.5) is 0 Å². The van der Waals surface area contributed by atoms with Crippen LogP contribution in [-0.2, 0) is 5.75 Å². The fourth-order valence-corrected chi connectivity index (χ4v) is 2.69. The molecular weight excluding hydrogens is 294 g/mol. The van der Waals surface area contributed by atoms with Crippen molar-refractivity contribution in [3.05, 3.63) is 45.6 Å². The second-order valence-electron chi connectivity index (χ2n) is 4.11. The number of H-pyrrole nitrogens is 1. The molecule has 0 unspecified atom stereocenters. The molecule has 0 spiro atoms. The molecule has 0 radical (unpaired) electrons. The predicted molar refractivity (Wildman–Crippen MR) is 76.9 cm³/mol. The zero-order chi connectivity index (χ0) is 15.4. The van der Waals surface area contributed by atoms with E-state index in [-0.39, 0.29) is 16.3 Å². The highest BCUT2D eigenvalue weighted by Gasteiger charge is 2.17. The second kappa shape index (κ2) is 6.40. The first-order valence-corrected chi connectivity index (χ1v) is 6.96. The van der Waals surface area contributed by atoms with Gasteiger partial charge in [0.15, 0.2) is 0 Å². The van der Waals surface area contributed by atoms with Crippen LogP contribution >= 0.6 is 11.8 Å².